The van der Waals surface area contributed by atoms with Crippen LogP contribution in [0.25, 0.3) is 0 Å². The standard InChI is InChI=1S/C17H29ClN2/c1-12(2)10-20(11-13(3)4)17(14(5)19)15-8-6-7-9-16(15)18/h6-9,12-14,17H,10-11,19H2,1-5H3. The van der Waals surface area contributed by atoms with E-state index in [1.807, 2.05) is 18.2 Å². The number of nitrogens with two attached hydrogens (primary N) is 1. The van der Waals surface area contributed by atoms with Crippen molar-refractivity contribution in [2.45, 2.75) is 46.7 Å². The maximum atomic E-state index is 6.40. The second-order valence-corrected chi connectivity index (χ2v) is 6.97. The lowest BCUT2D eigenvalue weighted by Crippen LogP contribution is -2.43. The lowest BCUT2D eigenvalue weighted by Gasteiger charge is -2.37. The maximum absolute atomic E-state index is 6.40. The summed E-state index contributed by atoms with van der Waals surface area (Å²) < 4.78 is 0. The van der Waals surface area contributed by atoms with Crippen LogP contribution in [0.4, 0.5) is 0 Å². The summed E-state index contributed by atoms with van der Waals surface area (Å²) in [6.07, 6.45) is 0. The molecular formula is C17H29ClN2. The van der Waals surface area contributed by atoms with Crippen LogP contribution in [0.1, 0.15) is 46.2 Å². The molecule has 0 saturated carbocycles. The van der Waals surface area contributed by atoms with Crippen molar-refractivity contribution in [1.82, 2.24) is 4.90 Å². The van der Waals surface area contributed by atoms with Gasteiger partial charge in [-0.3, -0.25) is 4.90 Å². The molecule has 1 rings (SSSR count). The molecule has 0 aliphatic heterocycles. The molecule has 1 aromatic rings. The van der Waals surface area contributed by atoms with Crippen molar-refractivity contribution in [1.29, 1.82) is 0 Å². The van der Waals surface area contributed by atoms with E-state index in [4.69, 9.17) is 17.3 Å². The summed E-state index contributed by atoms with van der Waals surface area (Å²) in [4.78, 5) is 2.49. The molecule has 20 heavy (non-hydrogen) atoms. The Morgan fingerprint density at radius 2 is 1.50 bits per heavy atom. The van der Waals surface area contributed by atoms with Gasteiger partial charge in [-0.15, -0.1) is 0 Å². The first kappa shape index (κ1) is 17.5. The van der Waals surface area contributed by atoms with E-state index in [1.54, 1.807) is 0 Å². The summed E-state index contributed by atoms with van der Waals surface area (Å²) >= 11 is 6.40. The summed E-state index contributed by atoms with van der Waals surface area (Å²) in [5, 5.41) is 0.812. The Morgan fingerprint density at radius 3 is 1.90 bits per heavy atom. The van der Waals surface area contributed by atoms with Crippen molar-refractivity contribution >= 4 is 11.6 Å². The molecule has 0 aromatic heterocycles. The molecule has 2 nitrogen and oxygen atoms in total. The zero-order valence-corrected chi connectivity index (χ0v) is 14.2. The first-order valence-corrected chi connectivity index (χ1v) is 7.94. The summed E-state index contributed by atoms with van der Waals surface area (Å²) in [5.74, 6) is 1.22. The maximum Gasteiger partial charge on any atom is 0.0511 e. The predicted octanol–water partition coefficient (Wildman–Crippen LogP) is 4.34. The number of hydrogen-bond acceptors (Lipinski definition) is 2. The third-order valence-electron chi connectivity index (χ3n) is 3.31. The van der Waals surface area contributed by atoms with E-state index >= 15 is 0 Å². The average molecular weight is 297 g/mol. The smallest absolute Gasteiger partial charge is 0.0511 e. The lowest BCUT2D eigenvalue weighted by atomic mass is 9.96. The molecule has 2 unspecified atom stereocenters. The van der Waals surface area contributed by atoms with Crippen molar-refractivity contribution in [3.8, 4) is 0 Å². The summed E-state index contributed by atoms with van der Waals surface area (Å²) in [6, 6.07) is 8.29. The first-order valence-electron chi connectivity index (χ1n) is 7.57. The van der Waals surface area contributed by atoms with E-state index in [9.17, 15) is 0 Å². The molecule has 0 aliphatic rings. The van der Waals surface area contributed by atoms with Gasteiger partial charge in [-0.1, -0.05) is 57.5 Å². The fourth-order valence-electron chi connectivity index (χ4n) is 2.77. The van der Waals surface area contributed by atoms with Gasteiger partial charge in [-0.25, -0.2) is 0 Å². The molecule has 0 aliphatic carbocycles. The number of nitrogens with zero attached hydrogens (tertiary/aromatic N) is 1. The summed E-state index contributed by atoms with van der Waals surface area (Å²) in [7, 11) is 0. The van der Waals surface area contributed by atoms with Crippen LogP contribution in [0.5, 0.6) is 0 Å². The zero-order chi connectivity index (χ0) is 15.3. The van der Waals surface area contributed by atoms with Gasteiger partial charge in [-0.2, -0.15) is 0 Å². The van der Waals surface area contributed by atoms with Gasteiger partial charge in [0.15, 0.2) is 0 Å². The van der Waals surface area contributed by atoms with Gasteiger partial charge in [0.1, 0.15) is 0 Å². The summed E-state index contributed by atoms with van der Waals surface area (Å²) in [5.41, 5.74) is 7.43. The van der Waals surface area contributed by atoms with E-state index < -0.39 is 0 Å². The minimum Gasteiger partial charge on any atom is -0.326 e. The lowest BCUT2D eigenvalue weighted by molar-refractivity contribution is 0.140. The van der Waals surface area contributed by atoms with Crippen LogP contribution in [0.2, 0.25) is 5.02 Å². The highest BCUT2D eigenvalue weighted by atomic mass is 35.5. The van der Waals surface area contributed by atoms with E-state index in [2.05, 4.69) is 45.6 Å². The Balaban J connectivity index is 3.10. The quantitative estimate of drug-likeness (QED) is 0.811. The van der Waals surface area contributed by atoms with Gasteiger partial charge in [0.25, 0.3) is 0 Å². The highest BCUT2D eigenvalue weighted by Crippen LogP contribution is 2.30. The van der Waals surface area contributed by atoms with Crippen LogP contribution in [-0.4, -0.2) is 24.0 Å². The predicted molar refractivity (Wildman–Crippen MR) is 89.1 cm³/mol. The van der Waals surface area contributed by atoms with Gasteiger partial charge in [0.2, 0.25) is 0 Å². The van der Waals surface area contributed by atoms with Gasteiger partial charge in [-0.05, 0) is 30.4 Å². The fraction of sp³-hybridized carbons (Fsp3) is 0.647. The van der Waals surface area contributed by atoms with Gasteiger partial charge < -0.3 is 5.73 Å². The molecule has 0 amide bonds. The SMILES string of the molecule is CC(C)CN(CC(C)C)C(c1ccccc1Cl)C(C)N. The third-order valence-corrected chi connectivity index (χ3v) is 3.66. The molecule has 2 atom stereocenters. The monoisotopic (exact) mass is 296 g/mol. The molecule has 2 N–H and O–H groups in total. The van der Waals surface area contributed by atoms with Crippen LogP contribution >= 0.6 is 11.6 Å². The first-order chi connectivity index (χ1) is 9.32. The van der Waals surface area contributed by atoms with Crippen molar-refractivity contribution < 1.29 is 0 Å². The minimum absolute atomic E-state index is 0.0485. The van der Waals surface area contributed by atoms with Crippen molar-refractivity contribution in [2.75, 3.05) is 13.1 Å². The molecular weight excluding hydrogens is 268 g/mol. The van der Waals surface area contributed by atoms with E-state index in [0.29, 0.717) is 11.8 Å². The van der Waals surface area contributed by atoms with Gasteiger partial charge >= 0.3 is 0 Å². The van der Waals surface area contributed by atoms with Gasteiger partial charge in [0.05, 0.1) is 6.04 Å². The van der Waals surface area contributed by atoms with E-state index in [0.717, 1.165) is 23.7 Å². The molecule has 0 heterocycles. The van der Waals surface area contributed by atoms with Crippen molar-refractivity contribution in [2.24, 2.45) is 17.6 Å². The second kappa shape index (κ2) is 8.02. The Bertz CT molecular complexity index is 392. The van der Waals surface area contributed by atoms with Crippen LogP contribution in [0, 0.1) is 11.8 Å². The molecule has 1 aromatic carbocycles. The topological polar surface area (TPSA) is 29.3 Å². The molecule has 0 radical (unpaired) electrons. The number of benzene rings is 1. The Hall–Kier alpha value is -0.570. The van der Waals surface area contributed by atoms with E-state index in [-0.39, 0.29) is 12.1 Å². The third kappa shape index (κ3) is 5.08. The molecule has 3 heteroatoms. The molecule has 0 bridgehead atoms. The highest BCUT2D eigenvalue weighted by molar-refractivity contribution is 6.31. The van der Waals surface area contributed by atoms with Gasteiger partial charge in [0, 0.05) is 24.2 Å². The molecule has 114 valence electrons. The highest BCUT2D eigenvalue weighted by Gasteiger charge is 2.26. The van der Waals surface area contributed by atoms with Crippen LogP contribution in [0.15, 0.2) is 24.3 Å². The number of hydrogen-bond donors (Lipinski definition) is 1. The molecule has 0 spiro atoms. The molecule has 0 saturated heterocycles. The fourth-order valence-corrected chi connectivity index (χ4v) is 3.01. The Kier molecular flexibility index (Phi) is 7.01. The molecule has 0 fully saturated rings. The second-order valence-electron chi connectivity index (χ2n) is 6.57. The number of halogens is 1. The number of rotatable bonds is 7. The largest absolute Gasteiger partial charge is 0.326 e. The van der Waals surface area contributed by atoms with E-state index in [1.165, 1.54) is 0 Å². The Labute approximate surface area is 129 Å². The van der Waals surface area contributed by atoms with Crippen LogP contribution in [-0.2, 0) is 0 Å². The summed E-state index contributed by atoms with van der Waals surface area (Å²) in [6.45, 7) is 13.1. The zero-order valence-electron chi connectivity index (χ0n) is 13.4. The Morgan fingerprint density at radius 1 is 1.00 bits per heavy atom. The van der Waals surface area contributed by atoms with Crippen molar-refractivity contribution in [3.05, 3.63) is 34.9 Å². The normalized spacial score (nSPS) is 15.1. The average Bonchev–Trinajstić information content (AvgIpc) is 2.29. The minimum atomic E-state index is 0.0485. The van der Waals surface area contributed by atoms with Crippen molar-refractivity contribution in [3.63, 3.8) is 0 Å². The van der Waals surface area contributed by atoms with Crippen LogP contribution < -0.4 is 5.73 Å². The van der Waals surface area contributed by atoms with Crippen LogP contribution in [0.3, 0.4) is 0 Å².